The van der Waals surface area contributed by atoms with Crippen molar-refractivity contribution in [2.24, 2.45) is 0 Å². The summed E-state index contributed by atoms with van der Waals surface area (Å²) < 4.78 is 0. The first kappa shape index (κ1) is 17.4. The second-order valence-electron chi connectivity index (χ2n) is 4.67. The van der Waals surface area contributed by atoms with Crippen molar-refractivity contribution in [3.05, 3.63) is 24.3 Å². The molecule has 0 saturated carbocycles. The van der Waals surface area contributed by atoms with Crippen LogP contribution in [0.25, 0.3) is 0 Å². The fourth-order valence-electron chi connectivity index (χ4n) is 1.81. The number of carbonyl (C=O) groups is 2. The third kappa shape index (κ3) is 8.24. The Morgan fingerprint density at radius 2 is 1.76 bits per heavy atom. The molecule has 0 aliphatic carbocycles. The highest BCUT2D eigenvalue weighted by molar-refractivity contribution is 7.98. The van der Waals surface area contributed by atoms with E-state index in [4.69, 9.17) is 5.11 Å². The van der Waals surface area contributed by atoms with Gasteiger partial charge in [0, 0.05) is 23.5 Å². The van der Waals surface area contributed by atoms with Gasteiger partial charge in [-0.05, 0) is 43.4 Å². The molecular formula is C15H22N2O3S. The van der Waals surface area contributed by atoms with Crippen molar-refractivity contribution >= 4 is 29.4 Å². The summed E-state index contributed by atoms with van der Waals surface area (Å²) >= 11 is 1.66. The summed E-state index contributed by atoms with van der Waals surface area (Å²) in [7, 11) is 0. The van der Waals surface area contributed by atoms with E-state index in [9.17, 15) is 9.59 Å². The van der Waals surface area contributed by atoms with Gasteiger partial charge in [-0.15, -0.1) is 11.8 Å². The number of unbranched alkanes of at least 4 members (excludes halogenated alkanes) is 3. The number of rotatable bonds is 9. The Hall–Kier alpha value is -1.69. The Balaban J connectivity index is 2.09. The van der Waals surface area contributed by atoms with Crippen molar-refractivity contribution in [2.75, 3.05) is 18.1 Å². The van der Waals surface area contributed by atoms with Crippen LogP contribution in [0.3, 0.4) is 0 Å². The Bertz CT molecular complexity index is 449. The van der Waals surface area contributed by atoms with Gasteiger partial charge in [-0.1, -0.05) is 12.8 Å². The molecule has 116 valence electrons. The molecule has 0 heterocycles. The number of urea groups is 1. The van der Waals surface area contributed by atoms with Crippen LogP contribution in [-0.4, -0.2) is 29.9 Å². The number of carboxylic acid groups (broad SMARTS) is 1. The minimum absolute atomic E-state index is 0.211. The van der Waals surface area contributed by atoms with Crippen molar-refractivity contribution in [3.8, 4) is 0 Å². The Labute approximate surface area is 129 Å². The lowest BCUT2D eigenvalue weighted by Crippen LogP contribution is -2.29. The minimum atomic E-state index is -0.750. The largest absolute Gasteiger partial charge is 0.481 e. The quantitative estimate of drug-likeness (QED) is 0.481. The van der Waals surface area contributed by atoms with E-state index in [2.05, 4.69) is 10.6 Å². The molecule has 0 aliphatic heterocycles. The highest BCUT2D eigenvalue weighted by Crippen LogP contribution is 2.17. The summed E-state index contributed by atoms with van der Waals surface area (Å²) in [4.78, 5) is 23.1. The maximum Gasteiger partial charge on any atom is 0.319 e. The van der Waals surface area contributed by atoms with Gasteiger partial charge in [0.15, 0.2) is 0 Å². The number of hydrogen-bond donors (Lipinski definition) is 3. The van der Waals surface area contributed by atoms with Gasteiger partial charge in [0.05, 0.1) is 0 Å². The van der Waals surface area contributed by atoms with Crippen LogP contribution in [0.2, 0.25) is 0 Å². The van der Waals surface area contributed by atoms with E-state index < -0.39 is 5.97 Å². The van der Waals surface area contributed by atoms with Gasteiger partial charge in [0.2, 0.25) is 0 Å². The van der Waals surface area contributed by atoms with Gasteiger partial charge < -0.3 is 15.7 Å². The molecule has 0 fully saturated rings. The molecule has 0 saturated heterocycles. The standard InChI is InChI=1S/C15H22N2O3S/c1-21-13-9-7-12(8-10-13)17-15(20)16-11-5-3-2-4-6-14(18)19/h7-10H,2-6,11H2,1H3,(H,18,19)(H2,16,17,20). The average molecular weight is 310 g/mol. The molecular weight excluding hydrogens is 288 g/mol. The predicted molar refractivity (Wildman–Crippen MR) is 86.0 cm³/mol. The van der Waals surface area contributed by atoms with Crippen LogP contribution < -0.4 is 10.6 Å². The lowest BCUT2D eigenvalue weighted by molar-refractivity contribution is -0.137. The molecule has 5 nitrogen and oxygen atoms in total. The van der Waals surface area contributed by atoms with Gasteiger partial charge in [-0.25, -0.2) is 4.79 Å². The van der Waals surface area contributed by atoms with E-state index in [1.54, 1.807) is 11.8 Å². The van der Waals surface area contributed by atoms with Crippen molar-refractivity contribution in [3.63, 3.8) is 0 Å². The van der Waals surface area contributed by atoms with Gasteiger partial charge in [0.25, 0.3) is 0 Å². The number of thioether (sulfide) groups is 1. The molecule has 0 spiro atoms. The Morgan fingerprint density at radius 3 is 2.38 bits per heavy atom. The first-order valence-corrected chi connectivity index (χ1v) is 8.25. The highest BCUT2D eigenvalue weighted by Gasteiger charge is 2.01. The van der Waals surface area contributed by atoms with Crippen LogP contribution in [0.4, 0.5) is 10.5 Å². The van der Waals surface area contributed by atoms with E-state index >= 15 is 0 Å². The highest BCUT2D eigenvalue weighted by atomic mass is 32.2. The Morgan fingerprint density at radius 1 is 1.10 bits per heavy atom. The molecule has 3 N–H and O–H groups in total. The number of hydrogen-bond acceptors (Lipinski definition) is 3. The van der Waals surface area contributed by atoms with Crippen LogP contribution in [0, 0.1) is 0 Å². The third-order valence-corrected chi connectivity index (χ3v) is 3.69. The van der Waals surface area contributed by atoms with Crippen LogP contribution in [0.15, 0.2) is 29.2 Å². The molecule has 0 aliphatic rings. The fourth-order valence-corrected chi connectivity index (χ4v) is 2.21. The zero-order chi connectivity index (χ0) is 15.5. The number of anilines is 1. The SMILES string of the molecule is CSc1ccc(NC(=O)NCCCCCCC(=O)O)cc1. The van der Waals surface area contributed by atoms with E-state index in [1.807, 2.05) is 30.5 Å². The molecule has 0 aromatic heterocycles. The van der Waals surface area contributed by atoms with Gasteiger partial charge >= 0.3 is 12.0 Å². The smallest absolute Gasteiger partial charge is 0.319 e. The summed E-state index contributed by atoms with van der Waals surface area (Å²) in [6.45, 7) is 0.599. The van der Waals surface area contributed by atoms with Gasteiger partial charge in [-0.2, -0.15) is 0 Å². The second-order valence-corrected chi connectivity index (χ2v) is 5.55. The van der Waals surface area contributed by atoms with E-state index in [0.717, 1.165) is 29.8 Å². The third-order valence-electron chi connectivity index (χ3n) is 2.95. The summed E-state index contributed by atoms with van der Waals surface area (Å²) in [5.74, 6) is -0.750. The molecule has 0 radical (unpaired) electrons. The normalized spacial score (nSPS) is 10.1. The summed E-state index contributed by atoms with van der Waals surface area (Å²) in [6.07, 6.45) is 5.59. The molecule has 0 atom stereocenters. The fraction of sp³-hybridized carbons (Fsp3) is 0.467. The minimum Gasteiger partial charge on any atom is -0.481 e. The maximum absolute atomic E-state index is 11.6. The molecule has 0 bridgehead atoms. The first-order chi connectivity index (χ1) is 10.1. The molecule has 1 aromatic carbocycles. The molecule has 0 unspecified atom stereocenters. The van der Waals surface area contributed by atoms with Crippen LogP contribution in [0.5, 0.6) is 0 Å². The summed E-state index contributed by atoms with van der Waals surface area (Å²) in [5, 5.41) is 14.1. The van der Waals surface area contributed by atoms with Gasteiger partial charge in [0.1, 0.15) is 0 Å². The van der Waals surface area contributed by atoms with Crippen molar-refractivity contribution in [1.29, 1.82) is 0 Å². The van der Waals surface area contributed by atoms with E-state index in [-0.39, 0.29) is 12.5 Å². The number of benzene rings is 1. The average Bonchev–Trinajstić information content (AvgIpc) is 2.46. The van der Waals surface area contributed by atoms with Crippen LogP contribution in [0.1, 0.15) is 32.1 Å². The summed E-state index contributed by atoms with van der Waals surface area (Å²) in [6, 6.07) is 7.46. The van der Waals surface area contributed by atoms with Crippen molar-refractivity contribution in [2.45, 2.75) is 37.0 Å². The predicted octanol–water partition coefficient (Wildman–Crippen LogP) is 3.57. The zero-order valence-electron chi connectivity index (χ0n) is 12.2. The maximum atomic E-state index is 11.6. The van der Waals surface area contributed by atoms with E-state index in [1.165, 1.54) is 0 Å². The molecule has 1 aromatic rings. The van der Waals surface area contributed by atoms with Gasteiger partial charge in [-0.3, -0.25) is 4.79 Å². The van der Waals surface area contributed by atoms with Crippen molar-refractivity contribution < 1.29 is 14.7 Å². The lowest BCUT2D eigenvalue weighted by atomic mass is 10.1. The van der Waals surface area contributed by atoms with Crippen LogP contribution in [-0.2, 0) is 4.79 Å². The number of carboxylic acids is 1. The second kappa shape index (κ2) is 10.1. The lowest BCUT2D eigenvalue weighted by Gasteiger charge is -2.08. The number of carbonyl (C=O) groups excluding carboxylic acids is 1. The number of amides is 2. The van der Waals surface area contributed by atoms with Crippen molar-refractivity contribution in [1.82, 2.24) is 5.32 Å². The summed E-state index contributed by atoms with van der Waals surface area (Å²) in [5.41, 5.74) is 0.770. The monoisotopic (exact) mass is 310 g/mol. The van der Waals surface area contributed by atoms with Crippen LogP contribution >= 0.6 is 11.8 Å². The molecule has 2 amide bonds. The molecule has 21 heavy (non-hydrogen) atoms. The first-order valence-electron chi connectivity index (χ1n) is 7.02. The Kier molecular flexibility index (Phi) is 8.35. The molecule has 6 heteroatoms. The zero-order valence-corrected chi connectivity index (χ0v) is 13.0. The number of aliphatic carboxylic acids is 1. The molecule has 1 rings (SSSR count). The van der Waals surface area contributed by atoms with E-state index in [0.29, 0.717) is 13.0 Å². The number of nitrogens with one attached hydrogen (secondary N) is 2. The topological polar surface area (TPSA) is 78.4 Å².